The van der Waals surface area contributed by atoms with Crippen molar-refractivity contribution in [2.45, 2.75) is 37.8 Å². The zero-order valence-corrected chi connectivity index (χ0v) is 11.8. The van der Waals surface area contributed by atoms with Gasteiger partial charge in [-0.1, -0.05) is 12.1 Å². The molecule has 20 heavy (non-hydrogen) atoms. The SMILES string of the molecule is CO[C@@H]1C[C@@H](CO)N(C(=O)c2cccc3c2CCC3)C1. The molecule has 1 aromatic carbocycles. The van der Waals surface area contributed by atoms with Crippen molar-refractivity contribution in [1.29, 1.82) is 0 Å². The van der Waals surface area contributed by atoms with Crippen molar-refractivity contribution in [3.8, 4) is 0 Å². The van der Waals surface area contributed by atoms with E-state index in [-0.39, 0.29) is 24.7 Å². The maximum Gasteiger partial charge on any atom is 0.254 e. The van der Waals surface area contributed by atoms with Crippen LogP contribution < -0.4 is 0 Å². The Labute approximate surface area is 119 Å². The minimum absolute atomic E-state index is 0.000619. The number of methoxy groups -OCH3 is 1. The van der Waals surface area contributed by atoms with Crippen LogP contribution in [0.5, 0.6) is 0 Å². The monoisotopic (exact) mass is 275 g/mol. The number of benzene rings is 1. The van der Waals surface area contributed by atoms with Gasteiger partial charge in [0.15, 0.2) is 0 Å². The van der Waals surface area contributed by atoms with E-state index in [4.69, 9.17) is 4.74 Å². The number of hydrogen-bond donors (Lipinski definition) is 1. The molecule has 2 atom stereocenters. The van der Waals surface area contributed by atoms with Gasteiger partial charge in [-0.2, -0.15) is 0 Å². The highest BCUT2D eigenvalue weighted by molar-refractivity contribution is 5.96. The van der Waals surface area contributed by atoms with Gasteiger partial charge in [0, 0.05) is 19.2 Å². The van der Waals surface area contributed by atoms with Gasteiger partial charge in [0.2, 0.25) is 0 Å². The molecule has 1 aliphatic heterocycles. The number of aliphatic hydroxyl groups excluding tert-OH is 1. The summed E-state index contributed by atoms with van der Waals surface area (Å²) in [7, 11) is 1.66. The average Bonchev–Trinajstić information content (AvgIpc) is 3.11. The minimum Gasteiger partial charge on any atom is -0.394 e. The van der Waals surface area contributed by atoms with Gasteiger partial charge in [-0.15, -0.1) is 0 Å². The number of likely N-dealkylation sites (tertiary alicyclic amines) is 1. The standard InChI is InChI=1S/C16H21NO3/c1-20-13-8-12(10-18)17(9-13)16(19)15-7-3-5-11-4-2-6-14(11)15/h3,5,7,12-13,18H,2,4,6,8-10H2,1H3/t12-,13+/m0/s1. The van der Waals surface area contributed by atoms with E-state index < -0.39 is 0 Å². The molecule has 0 radical (unpaired) electrons. The summed E-state index contributed by atoms with van der Waals surface area (Å²) in [6, 6.07) is 5.88. The van der Waals surface area contributed by atoms with Crippen LogP contribution >= 0.6 is 0 Å². The van der Waals surface area contributed by atoms with E-state index in [2.05, 4.69) is 6.07 Å². The van der Waals surface area contributed by atoms with Gasteiger partial charge >= 0.3 is 0 Å². The highest BCUT2D eigenvalue weighted by atomic mass is 16.5. The number of carbonyl (C=O) groups is 1. The second-order valence-corrected chi connectivity index (χ2v) is 5.68. The molecular formula is C16H21NO3. The summed E-state index contributed by atoms with van der Waals surface area (Å²) in [5.41, 5.74) is 3.32. The van der Waals surface area contributed by atoms with Crippen molar-refractivity contribution in [2.75, 3.05) is 20.3 Å². The highest BCUT2D eigenvalue weighted by Crippen LogP contribution is 2.28. The summed E-state index contributed by atoms with van der Waals surface area (Å²) in [5, 5.41) is 9.49. The Hall–Kier alpha value is -1.39. The Morgan fingerprint density at radius 1 is 1.45 bits per heavy atom. The number of amides is 1. The van der Waals surface area contributed by atoms with Crippen molar-refractivity contribution in [3.05, 3.63) is 34.9 Å². The maximum atomic E-state index is 12.8. The molecule has 1 saturated heterocycles. The third-order valence-corrected chi connectivity index (χ3v) is 4.56. The van der Waals surface area contributed by atoms with Crippen molar-refractivity contribution in [3.63, 3.8) is 0 Å². The molecule has 2 aliphatic rings. The minimum atomic E-state index is -0.121. The Bertz CT molecular complexity index is 514. The summed E-state index contributed by atoms with van der Waals surface area (Å²) in [4.78, 5) is 14.6. The van der Waals surface area contributed by atoms with E-state index >= 15 is 0 Å². The average molecular weight is 275 g/mol. The number of aryl methyl sites for hydroxylation is 1. The molecule has 4 heteroatoms. The molecule has 1 amide bonds. The smallest absolute Gasteiger partial charge is 0.254 e. The fourth-order valence-corrected chi connectivity index (χ4v) is 3.44. The lowest BCUT2D eigenvalue weighted by molar-refractivity contribution is 0.0647. The van der Waals surface area contributed by atoms with Crippen molar-refractivity contribution < 1.29 is 14.6 Å². The van der Waals surface area contributed by atoms with Crippen molar-refractivity contribution in [1.82, 2.24) is 4.90 Å². The molecule has 1 heterocycles. The first kappa shape index (κ1) is 13.6. The number of carbonyl (C=O) groups excluding carboxylic acids is 1. The summed E-state index contributed by atoms with van der Waals surface area (Å²) in [6.45, 7) is 0.574. The Morgan fingerprint density at radius 2 is 2.30 bits per heavy atom. The molecule has 0 saturated carbocycles. The van der Waals surface area contributed by atoms with E-state index in [0.717, 1.165) is 24.8 Å². The second kappa shape index (κ2) is 5.54. The molecular weight excluding hydrogens is 254 g/mol. The molecule has 1 N–H and O–H groups in total. The fourth-order valence-electron chi connectivity index (χ4n) is 3.44. The van der Waals surface area contributed by atoms with Crippen LogP contribution in [-0.2, 0) is 17.6 Å². The van der Waals surface area contributed by atoms with E-state index in [9.17, 15) is 9.90 Å². The quantitative estimate of drug-likeness (QED) is 0.907. The van der Waals surface area contributed by atoms with Gasteiger partial charge in [-0.25, -0.2) is 0 Å². The Balaban J connectivity index is 1.87. The van der Waals surface area contributed by atoms with Gasteiger partial charge in [-0.3, -0.25) is 4.79 Å². The molecule has 1 aromatic rings. The molecule has 108 valence electrons. The molecule has 0 aromatic heterocycles. The van der Waals surface area contributed by atoms with Crippen molar-refractivity contribution in [2.24, 2.45) is 0 Å². The molecule has 0 spiro atoms. The largest absolute Gasteiger partial charge is 0.394 e. The highest BCUT2D eigenvalue weighted by Gasteiger charge is 2.36. The molecule has 1 aliphatic carbocycles. The lowest BCUT2D eigenvalue weighted by Gasteiger charge is -2.24. The van der Waals surface area contributed by atoms with Crippen LogP contribution in [0.3, 0.4) is 0 Å². The first-order chi connectivity index (χ1) is 9.74. The van der Waals surface area contributed by atoms with Gasteiger partial charge in [0.25, 0.3) is 5.91 Å². The molecule has 1 fully saturated rings. The van der Waals surface area contributed by atoms with E-state index in [0.29, 0.717) is 13.0 Å². The number of aliphatic hydroxyl groups is 1. The first-order valence-electron chi connectivity index (χ1n) is 7.30. The molecule has 0 unspecified atom stereocenters. The van der Waals surface area contributed by atoms with E-state index in [1.54, 1.807) is 12.0 Å². The number of hydrogen-bond acceptors (Lipinski definition) is 3. The topological polar surface area (TPSA) is 49.8 Å². The van der Waals surface area contributed by atoms with Crippen LogP contribution in [0.1, 0.15) is 34.3 Å². The fraction of sp³-hybridized carbons (Fsp3) is 0.562. The molecule has 4 nitrogen and oxygen atoms in total. The van der Waals surface area contributed by atoms with Crippen LogP contribution in [-0.4, -0.2) is 48.3 Å². The first-order valence-corrected chi connectivity index (χ1v) is 7.30. The third-order valence-electron chi connectivity index (χ3n) is 4.56. The van der Waals surface area contributed by atoms with Crippen molar-refractivity contribution >= 4 is 5.91 Å². The zero-order valence-electron chi connectivity index (χ0n) is 11.8. The summed E-state index contributed by atoms with van der Waals surface area (Å²) in [6.07, 6.45) is 3.94. The van der Waals surface area contributed by atoms with E-state index in [1.807, 2.05) is 12.1 Å². The normalized spacial score (nSPS) is 25.0. The predicted molar refractivity (Wildman–Crippen MR) is 75.8 cm³/mol. The summed E-state index contributed by atoms with van der Waals surface area (Å²) >= 11 is 0. The second-order valence-electron chi connectivity index (χ2n) is 5.68. The number of nitrogens with zero attached hydrogens (tertiary/aromatic N) is 1. The van der Waals surface area contributed by atoms with Crippen LogP contribution in [0.4, 0.5) is 0 Å². The zero-order chi connectivity index (χ0) is 14.1. The van der Waals surface area contributed by atoms with Crippen LogP contribution in [0.15, 0.2) is 18.2 Å². The van der Waals surface area contributed by atoms with Gasteiger partial charge in [-0.05, 0) is 42.9 Å². The van der Waals surface area contributed by atoms with Gasteiger partial charge in [0.05, 0.1) is 18.8 Å². The lowest BCUT2D eigenvalue weighted by Crippen LogP contribution is -2.38. The van der Waals surface area contributed by atoms with Crippen LogP contribution in [0.25, 0.3) is 0 Å². The molecule has 3 rings (SSSR count). The van der Waals surface area contributed by atoms with Crippen LogP contribution in [0, 0.1) is 0 Å². The lowest BCUT2D eigenvalue weighted by atomic mass is 10.0. The predicted octanol–water partition coefficient (Wildman–Crippen LogP) is 1.40. The Kier molecular flexibility index (Phi) is 3.76. The summed E-state index contributed by atoms with van der Waals surface area (Å²) < 4.78 is 5.35. The van der Waals surface area contributed by atoms with Gasteiger partial charge in [0.1, 0.15) is 0 Å². The number of rotatable bonds is 3. The summed E-state index contributed by atoms with van der Waals surface area (Å²) in [5.74, 6) is 0.0438. The van der Waals surface area contributed by atoms with E-state index in [1.165, 1.54) is 11.1 Å². The van der Waals surface area contributed by atoms with Crippen LogP contribution in [0.2, 0.25) is 0 Å². The maximum absolute atomic E-state index is 12.8. The van der Waals surface area contributed by atoms with Gasteiger partial charge < -0.3 is 14.7 Å². The number of ether oxygens (including phenoxy) is 1. The Morgan fingerprint density at radius 3 is 3.05 bits per heavy atom. The molecule has 0 bridgehead atoms. The number of fused-ring (bicyclic) bond motifs is 1. The third kappa shape index (κ3) is 2.23.